The zero-order valence-electron chi connectivity index (χ0n) is 10.2. The predicted molar refractivity (Wildman–Crippen MR) is 70.4 cm³/mol. The molecule has 2 unspecified atom stereocenters. The minimum Gasteiger partial charge on any atom is -0.329 e. The fraction of sp³-hybridized carbons (Fsp3) is 1.00. The molecule has 0 saturated carbocycles. The van der Waals surface area contributed by atoms with Gasteiger partial charge in [-0.3, -0.25) is 4.90 Å². The molecule has 2 N–H and O–H groups in total. The molecule has 0 aromatic heterocycles. The van der Waals surface area contributed by atoms with E-state index in [4.69, 9.17) is 5.73 Å². The largest absolute Gasteiger partial charge is 0.329 e. The molecule has 1 rings (SSSR count). The quantitative estimate of drug-likeness (QED) is 0.758. The SMILES string of the molecule is CCC1CCCN(C(CN)CCSC)C1. The summed E-state index contributed by atoms with van der Waals surface area (Å²) in [7, 11) is 0. The molecular formula is C12H26N2S. The van der Waals surface area contributed by atoms with Crippen molar-refractivity contribution in [2.45, 2.75) is 38.6 Å². The Labute approximate surface area is 99.0 Å². The fourth-order valence-electron chi connectivity index (χ4n) is 2.47. The van der Waals surface area contributed by atoms with Gasteiger partial charge in [0.15, 0.2) is 0 Å². The van der Waals surface area contributed by atoms with Gasteiger partial charge >= 0.3 is 0 Å². The fourth-order valence-corrected chi connectivity index (χ4v) is 2.97. The summed E-state index contributed by atoms with van der Waals surface area (Å²) in [4.78, 5) is 2.63. The second kappa shape index (κ2) is 7.53. The number of nitrogens with two attached hydrogens (primary N) is 1. The lowest BCUT2D eigenvalue weighted by Crippen LogP contribution is -2.46. The zero-order valence-corrected chi connectivity index (χ0v) is 11.1. The van der Waals surface area contributed by atoms with Crippen molar-refractivity contribution in [3.05, 3.63) is 0 Å². The summed E-state index contributed by atoms with van der Waals surface area (Å²) in [6.07, 6.45) is 7.56. The van der Waals surface area contributed by atoms with Crippen molar-refractivity contribution >= 4 is 11.8 Å². The summed E-state index contributed by atoms with van der Waals surface area (Å²) < 4.78 is 0. The highest BCUT2D eigenvalue weighted by Gasteiger charge is 2.23. The van der Waals surface area contributed by atoms with Crippen LogP contribution in [0.1, 0.15) is 32.6 Å². The molecule has 1 aliphatic heterocycles. The van der Waals surface area contributed by atoms with E-state index in [2.05, 4.69) is 18.1 Å². The van der Waals surface area contributed by atoms with Crippen molar-refractivity contribution in [1.29, 1.82) is 0 Å². The van der Waals surface area contributed by atoms with Crippen LogP contribution in [0.25, 0.3) is 0 Å². The van der Waals surface area contributed by atoms with Crippen LogP contribution in [-0.2, 0) is 0 Å². The molecule has 1 fully saturated rings. The topological polar surface area (TPSA) is 29.3 Å². The molecule has 2 atom stereocenters. The average molecular weight is 230 g/mol. The molecule has 0 amide bonds. The van der Waals surface area contributed by atoms with Gasteiger partial charge in [-0.05, 0) is 43.7 Å². The van der Waals surface area contributed by atoms with E-state index in [9.17, 15) is 0 Å². The number of thioether (sulfide) groups is 1. The first-order valence-electron chi connectivity index (χ1n) is 6.24. The molecule has 1 heterocycles. The van der Waals surface area contributed by atoms with Gasteiger partial charge in [-0.2, -0.15) is 11.8 Å². The Bertz CT molecular complexity index is 164. The number of rotatable bonds is 6. The lowest BCUT2D eigenvalue weighted by atomic mass is 9.94. The normalized spacial score (nSPS) is 25.4. The van der Waals surface area contributed by atoms with Gasteiger partial charge in [-0.25, -0.2) is 0 Å². The summed E-state index contributed by atoms with van der Waals surface area (Å²) in [5.41, 5.74) is 5.88. The Morgan fingerprint density at radius 3 is 2.93 bits per heavy atom. The minimum absolute atomic E-state index is 0.631. The zero-order chi connectivity index (χ0) is 11.1. The first-order valence-corrected chi connectivity index (χ1v) is 7.64. The van der Waals surface area contributed by atoms with E-state index in [1.807, 2.05) is 11.8 Å². The third-order valence-electron chi connectivity index (χ3n) is 3.57. The summed E-state index contributed by atoms with van der Waals surface area (Å²) in [6.45, 7) is 5.70. The Hall–Kier alpha value is 0.270. The number of piperidine rings is 1. The van der Waals surface area contributed by atoms with E-state index in [1.54, 1.807) is 0 Å². The van der Waals surface area contributed by atoms with Crippen LogP contribution in [0.4, 0.5) is 0 Å². The maximum Gasteiger partial charge on any atom is 0.0226 e. The third-order valence-corrected chi connectivity index (χ3v) is 4.22. The van der Waals surface area contributed by atoms with Crippen molar-refractivity contribution in [3.63, 3.8) is 0 Å². The standard InChI is InChI=1S/C12H26N2S/c1-3-11-5-4-7-14(10-11)12(9-13)6-8-15-2/h11-12H,3-10,13H2,1-2H3. The van der Waals surface area contributed by atoms with Gasteiger partial charge in [0, 0.05) is 19.1 Å². The lowest BCUT2D eigenvalue weighted by Gasteiger charge is -2.37. The van der Waals surface area contributed by atoms with Crippen molar-refractivity contribution in [2.75, 3.05) is 31.6 Å². The first-order chi connectivity index (χ1) is 7.31. The summed E-state index contributed by atoms with van der Waals surface area (Å²) in [5, 5.41) is 0. The van der Waals surface area contributed by atoms with Gasteiger partial charge in [0.2, 0.25) is 0 Å². The highest BCUT2D eigenvalue weighted by atomic mass is 32.2. The van der Waals surface area contributed by atoms with Crippen LogP contribution in [0.3, 0.4) is 0 Å². The third kappa shape index (κ3) is 4.33. The average Bonchev–Trinajstić information content (AvgIpc) is 2.30. The molecule has 0 radical (unpaired) electrons. The molecule has 0 spiro atoms. The first kappa shape index (κ1) is 13.3. The molecule has 2 nitrogen and oxygen atoms in total. The number of likely N-dealkylation sites (tertiary alicyclic amines) is 1. The molecule has 0 aromatic rings. The molecule has 90 valence electrons. The van der Waals surface area contributed by atoms with Crippen LogP contribution in [-0.4, -0.2) is 42.6 Å². The summed E-state index contributed by atoms with van der Waals surface area (Å²) in [5.74, 6) is 2.16. The van der Waals surface area contributed by atoms with Gasteiger partial charge < -0.3 is 5.73 Å². The second-order valence-electron chi connectivity index (χ2n) is 4.58. The maximum atomic E-state index is 5.88. The van der Waals surface area contributed by atoms with E-state index in [0.29, 0.717) is 6.04 Å². The van der Waals surface area contributed by atoms with Gasteiger partial charge in [0.25, 0.3) is 0 Å². The predicted octanol–water partition coefficient (Wildman–Crippen LogP) is 2.19. The highest BCUT2D eigenvalue weighted by molar-refractivity contribution is 7.98. The van der Waals surface area contributed by atoms with Crippen LogP contribution in [0.5, 0.6) is 0 Å². The molecule has 1 saturated heterocycles. The number of nitrogens with zero attached hydrogens (tertiary/aromatic N) is 1. The van der Waals surface area contributed by atoms with Crippen LogP contribution in [0.15, 0.2) is 0 Å². The van der Waals surface area contributed by atoms with E-state index >= 15 is 0 Å². The Kier molecular flexibility index (Phi) is 6.69. The van der Waals surface area contributed by atoms with Crippen molar-refractivity contribution < 1.29 is 0 Å². The molecule has 15 heavy (non-hydrogen) atoms. The Morgan fingerprint density at radius 1 is 1.53 bits per heavy atom. The summed E-state index contributed by atoms with van der Waals surface area (Å²) in [6, 6.07) is 0.631. The maximum absolute atomic E-state index is 5.88. The smallest absolute Gasteiger partial charge is 0.0226 e. The Morgan fingerprint density at radius 2 is 2.33 bits per heavy atom. The van der Waals surface area contributed by atoms with Gasteiger partial charge in [-0.1, -0.05) is 13.3 Å². The molecule has 0 bridgehead atoms. The van der Waals surface area contributed by atoms with Gasteiger partial charge in [0.05, 0.1) is 0 Å². The van der Waals surface area contributed by atoms with Gasteiger partial charge in [-0.15, -0.1) is 0 Å². The second-order valence-corrected chi connectivity index (χ2v) is 5.57. The minimum atomic E-state index is 0.631. The van der Waals surface area contributed by atoms with E-state index in [0.717, 1.165) is 12.5 Å². The van der Waals surface area contributed by atoms with Crippen molar-refractivity contribution in [2.24, 2.45) is 11.7 Å². The molecule has 0 aliphatic carbocycles. The highest BCUT2D eigenvalue weighted by Crippen LogP contribution is 2.22. The van der Waals surface area contributed by atoms with Crippen LogP contribution < -0.4 is 5.73 Å². The lowest BCUT2D eigenvalue weighted by molar-refractivity contribution is 0.122. The van der Waals surface area contributed by atoms with Crippen molar-refractivity contribution in [3.8, 4) is 0 Å². The number of hydrogen-bond donors (Lipinski definition) is 1. The monoisotopic (exact) mass is 230 g/mol. The van der Waals surface area contributed by atoms with E-state index in [1.165, 1.54) is 44.5 Å². The molecule has 1 aliphatic rings. The van der Waals surface area contributed by atoms with Crippen molar-refractivity contribution in [1.82, 2.24) is 4.90 Å². The van der Waals surface area contributed by atoms with E-state index < -0.39 is 0 Å². The number of hydrogen-bond acceptors (Lipinski definition) is 3. The van der Waals surface area contributed by atoms with E-state index in [-0.39, 0.29) is 0 Å². The van der Waals surface area contributed by atoms with Crippen LogP contribution in [0, 0.1) is 5.92 Å². The Balaban J connectivity index is 2.37. The molecule has 3 heteroatoms. The summed E-state index contributed by atoms with van der Waals surface area (Å²) >= 11 is 1.93. The van der Waals surface area contributed by atoms with Crippen LogP contribution in [0.2, 0.25) is 0 Å². The molecule has 0 aromatic carbocycles. The molecular weight excluding hydrogens is 204 g/mol. The van der Waals surface area contributed by atoms with Gasteiger partial charge in [0.1, 0.15) is 0 Å². The van der Waals surface area contributed by atoms with Crippen LogP contribution >= 0.6 is 11.8 Å².